The third kappa shape index (κ3) is 5.93. The molecule has 2 heterocycles. The Balaban J connectivity index is 1.56. The molecule has 0 spiro atoms. The first-order chi connectivity index (χ1) is 15.2. The highest BCUT2D eigenvalue weighted by molar-refractivity contribution is 5.97. The number of carbonyl (C=O) groups excluding carboxylic acids is 3. The van der Waals surface area contributed by atoms with E-state index < -0.39 is 6.04 Å². The number of aromatic nitrogens is 1. The van der Waals surface area contributed by atoms with Crippen LogP contribution in [-0.2, 0) is 9.59 Å². The number of likely N-dealkylation sites (tertiary alicyclic amines) is 1. The number of piperidine rings is 1. The van der Waals surface area contributed by atoms with Crippen LogP contribution in [0.25, 0.3) is 0 Å². The van der Waals surface area contributed by atoms with Crippen molar-refractivity contribution >= 4 is 23.5 Å². The first-order valence-corrected chi connectivity index (χ1v) is 11.1. The van der Waals surface area contributed by atoms with Gasteiger partial charge >= 0.3 is 0 Å². The topological polar surface area (TPSA) is 91.4 Å². The average molecular weight is 437 g/mol. The molecular weight excluding hydrogens is 404 g/mol. The largest absolute Gasteiger partial charge is 0.341 e. The Kier molecular flexibility index (Phi) is 7.62. The van der Waals surface area contributed by atoms with Crippen LogP contribution in [0.1, 0.15) is 48.2 Å². The zero-order chi connectivity index (χ0) is 23.3. The average Bonchev–Trinajstić information content (AvgIpc) is 2.78. The van der Waals surface area contributed by atoms with Crippen molar-refractivity contribution in [3.8, 4) is 0 Å². The Bertz CT molecular complexity index is 946. The first kappa shape index (κ1) is 23.4. The zero-order valence-corrected chi connectivity index (χ0v) is 19.2. The number of nitrogens with one attached hydrogen (secondary N) is 2. The van der Waals surface area contributed by atoms with Gasteiger partial charge in [0, 0.05) is 30.8 Å². The minimum absolute atomic E-state index is 0.0504. The summed E-state index contributed by atoms with van der Waals surface area (Å²) in [4.78, 5) is 44.4. The summed E-state index contributed by atoms with van der Waals surface area (Å²) in [6.07, 6.45) is 2.88. The lowest BCUT2D eigenvalue weighted by molar-refractivity contribution is -0.137. The van der Waals surface area contributed by atoms with Crippen LogP contribution in [0.15, 0.2) is 42.6 Å². The van der Waals surface area contributed by atoms with E-state index in [2.05, 4.69) is 15.6 Å². The summed E-state index contributed by atoms with van der Waals surface area (Å²) in [6.45, 7) is 8.73. The normalized spacial score (nSPS) is 15.3. The van der Waals surface area contributed by atoms with Gasteiger partial charge in [0.1, 0.15) is 11.9 Å². The molecule has 0 radical (unpaired) electrons. The Hall–Kier alpha value is -3.22. The van der Waals surface area contributed by atoms with Gasteiger partial charge in [-0.2, -0.15) is 0 Å². The molecule has 3 rings (SSSR count). The first-order valence-electron chi connectivity index (χ1n) is 11.1. The van der Waals surface area contributed by atoms with Crippen molar-refractivity contribution in [1.29, 1.82) is 0 Å². The quantitative estimate of drug-likeness (QED) is 0.727. The van der Waals surface area contributed by atoms with Crippen molar-refractivity contribution in [3.63, 3.8) is 0 Å². The molecule has 7 heteroatoms. The van der Waals surface area contributed by atoms with Crippen molar-refractivity contribution in [3.05, 3.63) is 59.3 Å². The number of hydrogen-bond acceptors (Lipinski definition) is 4. The maximum atomic E-state index is 13.2. The van der Waals surface area contributed by atoms with E-state index in [-0.39, 0.29) is 29.6 Å². The van der Waals surface area contributed by atoms with Crippen molar-refractivity contribution in [2.24, 2.45) is 11.8 Å². The highest BCUT2D eigenvalue weighted by atomic mass is 16.2. The van der Waals surface area contributed by atoms with Crippen molar-refractivity contribution in [1.82, 2.24) is 15.2 Å². The van der Waals surface area contributed by atoms with Gasteiger partial charge in [0.15, 0.2) is 0 Å². The van der Waals surface area contributed by atoms with Gasteiger partial charge in [-0.15, -0.1) is 0 Å². The molecule has 7 nitrogen and oxygen atoms in total. The van der Waals surface area contributed by atoms with E-state index in [9.17, 15) is 14.4 Å². The SMILES string of the molecule is Cc1ccc(C(=O)NC(C(=O)N2CCC(C(=O)Nc3ccc(C)cn3)CC2)C(C)C)cc1. The molecule has 32 heavy (non-hydrogen) atoms. The Morgan fingerprint density at radius 2 is 1.59 bits per heavy atom. The summed E-state index contributed by atoms with van der Waals surface area (Å²) >= 11 is 0. The van der Waals surface area contributed by atoms with Gasteiger partial charge in [-0.3, -0.25) is 14.4 Å². The predicted molar refractivity (Wildman–Crippen MR) is 124 cm³/mol. The number of benzene rings is 1. The number of aryl methyl sites for hydroxylation is 2. The lowest BCUT2D eigenvalue weighted by Crippen LogP contribution is -2.53. The molecule has 2 aromatic rings. The molecule has 1 fully saturated rings. The van der Waals surface area contributed by atoms with Gasteiger partial charge in [-0.05, 0) is 56.4 Å². The number of rotatable bonds is 6. The number of nitrogens with zero attached hydrogens (tertiary/aromatic N) is 2. The van der Waals surface area contributed by atoms with Crippen LogP contribution in [0.2, 0.25) is 0 Å². The van der Waals surface area contributed by atoms with E-state index in [4.69, 9.17) is 0 Å². The van der Waals surface area contributed by atoms with Crippen LogP contribution < -0.4 is 10.6 Å². The molecule has 1 aliphatic rings. The number of amides is 3. The van der Waals surface area contributed by atoms with Crippen LogP contribution in [0, 0.1) is 25.7 Å². The lowest BCUT2D eigenvalue weighted by atomic mass is 9.94. The van der Waals surface area contributed by atoms with E-state index in [0.29, 0.717) is 37.3 Å². The Morgan fingerprint density at radius 3 is 2.16 bits per heavy atom. The standard InChI is InChI=1S/C25H32N4O3/c1-16(2)22(28-24(31)19-8-5-17(3)6-9-19)25(32)29-13-11-20(12-14-29)23(30)27-21-10-7-18(4)15-26-21/h5-10,15-16,20,22H,11-14H2,1-4H3,(H,28,31)(H,26,27,30). The summed E-state index contributed by atoms with van der Waals surface area (Å²) < 4.78 is 0. The molecular formula is C25H32N4O3. The highest BCUT2D eigenvalue weighted by Gasteiger charge is 2.33. The molecule has 1 atom stereocenters. The van der Waals surface area contributed by atoms with E-state index in [1.54, 1.807) is 29.3 Å². The lowest BCUT2D eigenvalue weighted by Gasteiger charge is -2.35. The Labute approximate surface area is 189 Å². The van der Waals surface area contributed by atoms with Crippen molar-refractivity contribution < 1.29 is 14.4 Å². The van der Waals surface area contributed by atoms with Gasteiger partial charge in [0.2, 0.25) is 11.8 Å². The molecule has 1 unspecified atom stereocenters. The van der Waals surface area contributed by atoms with Gasteiger partial charge in [-0.1, -0.05) is 37.6 Å². The molecule has 0 bridgehead atoms. The minimum Gasteiger partial charge on any atom is -0.341 e. The highest BCUT2D eigenvalue weighted by Crippen LogP contribution is 2.21. The molecule has 2 N–H and O–H groups in total. The second kappa shape index (κ2) is 10.4. The summed E-state index contributed by atoms with van der Waals surface area (Å²) in [7, 11) is 0. The van der Waals surface area contributed by atoms with E-state index >= 15 is 0 Å². The monoisotopic (exact) mass is 436 g/mol. The van der Waals surface area contributed by atoms with Gasteiger partial charge in [0.25, 0.3) is 5.91 Å². The third-order valence-corrected chi connectivity index (χ3v) is 5.87. The molecule has 0 saturated carbocycles. The number of carbonyl (C=O) groups is 3. The van der Waals surface area contributed by atoms with Crippen molar-refractivity contribution in [2.75, 3.05) is 18.4 Å². The van der Waals surface area contributed by atoms with Crippen molar-refractivity contribution in [2.45, 2.75) is 46.6 Å². The Morgan fingerprint density at radius 1 is 0.969 bits per heavy atom. The van der Waals surface area contributed by atoms with Crippen LogP contribution >= 0.6 is 0 Å². The van der Waals surface area contributed by atoms with E-state index in [1.807, 2.05) is 45.9 Å². The number of pyridine rings is 1. The maximum absolute atomic E-state index is 13.2. The number of anilines is 1. The van der Waals surface area contributed by atoms with Gasteiger partial charge in [-0.25, -0.2) is 4.98 Å². The minimum atomic E-state index is -0.606. The van der Waals surface area contributed by atoms with Crippen LogP contribution in [0.3, 0.4) is 0 Å². The number of hydrogen-bond donors (Lipinski definition) is 2. The third-order valence-electron chi connectivity index (χ3n) is 5.87. The maximum Gasteiger partial charge on any atom is 0.251 e. The second-order valence-corrected chi connectivity index (χ2v) is 8.87. The van der Waals surface area contributed by atoms with Crippen LogP contribution in [0.5, 0.6) is 0 Å². The molecule has 170 valence electrons. The fourth-order valence-corrected chi connectivity index (χ4v) is 3.77. The molecule has 1 saturated heterocycles. The summed E-state index contributed by atoms with van der Waals surface area (Å²) in [6, 6.07) is 10.4. The van der Waals surface area contributed by atoms with E-state index in [1.165, 1.54) is 0 Å². The fourth-order valence-electron chi connectivity index (χ4n) is 3.77. The van der Waals surface area contributed by atoms with E-state index in [0.717, 1.165) is 11.1 Å². The van der Waals surface area contributed by atoms with Crippen LogP contribution in [0.4, 0.5) is 5.82 Å². The molecule has 1 aliphatic heterocycles. The predicted octanol–water partition coefficient (Wildman–Crippen LogP) is 3.33. The molecule has 0 aliphatic carbocycles. The van der Waals surface area contributed by atoms with Gasteiger partial charge < -0.3 is 15.5 Å². The summed E-state index contributed by atoms with van der Waals surface area (Å²) in [5.74, 6) is -0.0944. The zero-order valence-electron chi connectivity index (χ0n) is 19.2. The van der Waals surface area contributed by atoms with Crippen LogP contribution in [-0.4, -0.2) is 46.7 Å². The van der Waals surface area contributed by atoms with Gasteiger partial charge in [0.05, 0.1) is 0 Å². The summed E-state index contributed by atoms with van der Waals surface area (Å²) in [5.41, 5.74) is 2.64. The molecule has 3 amide bonds. The molecule has 1 aromatic carbocycles. The summed E-state index contributed by atoms with van der Waals surface area (Å²) in [5, 5.41) is 5.76. The smallest absolute Gasteiger partial charge is 0.251 e. The molecule has 1 aromatic heterocycles. The fraction of sp³-hybridized carbons (Fsp3) is 0.440. The second-order valence-electron chi connectivity index (χ2n) is 8.87.